The van der Waals surface area contributed by atoms with Crippen LogP contribution in [0.25, 0.3) is 0 Å². The maximum atomic E-state index is 11.5. The van der Waals surface area contributed by atoms with Gasteiger partial charge >= 0.3 is 11.9 Å². The van der Waals surface area contributed by atoms with Crippen LogP contribution in [0.4, 0.5) is 0 Å². The molecule has 0 radical (unpaired) electrons. The summed E-state index contributed by atoms with van der Waals surface area (Å²) in [5.74, 6) is -0.615. The van der Waals surface area contributed by atoms with Crippen molar-refractivity contribution in [3.05, 3.63) is 12.7 Å². The lowest BCUT2D eigenvalue weighted by Crippen LogP contribution is -2.15. The van der Waals surface area contributed by atoms with Crippen LogP contribution in [0.15, 0.2) is 12.7 Å². The van der Waals surface area contributed by atoms with Crippen LogP contribution in [0.5, 0.6) is 0 Å². The molecule has 0 atom stereocenters. The van der Waals surface area contributed by atoms with E-state index in [9.17, 15) is 9.59 Å². The van der Waals surface area contributed by atoms with Gasteiger partial charge in [-0.3, -0.25) is 4.79 Å². The minimum absolute atomic E-state index is 0.156. The van der Waals surface area contributed by atoms with Gasteiger partial charge < -0.3 is 37.9 Å². The van der Waals surface area contributed by atoms with Crippen LogP contribution in [0.2, 0.25) is 0 Å². The van der Waals surface area contributed by atoms with Gasteiger partial charge in [0.25, 0.3) is 0 Å². The fraction of sp³-hybridized carbons (Fsp3) is 0.833. The minimum atomic E-state index is -0.459. The lowest BCUT2D eigenvalue weighted by atomic mass is 10.2. The van der Waals surface area contributed by atoms with Crippen molar-refractivity contribution in [3.8, 4) is 0 Å². The number of ether oxygens (including phenoxy) is 8. The van der Waals surface area contributed by atoms with Gasteiger partial charge in [0.15, 0.2) is 0 Å². The predicted molar refractivity (Wildman–Crippen MR) is 126 cm³/mol. The van der Waals surface area contributed by atoms with E-state index in [1.165, 1.54) is 0 Å². The summed E-state index contributed by atoms with van der Waals surface area (Å²) in [6.45, 7) is 11.3. The summed E-state index contributed by atoms with van der Waals surface area (Å²) in [5, 5.41) is 0. The average Bonchev–Trinajstić information content (AvgIpc) is 2.84. The number of esters is 2. The van der Waals surface area contributed by atoms with Gasteiger partial charge in [-0.15, -0.1) is 0 Å². The SMILES string of the molecule is C=CC(=O)OCCOCCOCCOCCOCCOCCOCCOC(=O)CCCCCC. The van der Waals surface area contributed by atoms with Crippen LogP contribution in [-0.4, -0.2) is 104 Å². The van der Waals surface area contributed by atoms with E-state index < -0.39 is 5.97 Å². The zero-order valence-corrected chi connectivity index (χ0v) is 20.8. The van der Waals surface area contributed by atoms with Crippen molar-refractivity contribution in [1.29, 1.82) is 0 Å². The lowest BCUT2D eigenvalue weighted by molar-refractivity contribution is -0.145. The van der Waals surface area contributed by atoms with E-state index in [1.807, 2.05) is 0 Å². The predicted octanol–water partition coefficient (Wildman–Crippen LogP) is 2.33. The molecule has 10 nitrogen and oxygen atoms in total. The molecule has 200 valence electrons. The molecule has 0 aromatic heterocycles. The smallest absolute Gasteiger partial charge is 0.330 e. The molecular formula is C24H44O10. The molecule has 0 aliphatic heterocycles. The minimum Gasteiger partial charge on any atom is -0.463 e. The summed E-state index contributed by atoms with van der Waals surface area (Å²) >= 11 is 0. The third-order valence-corrected chi connectivity index (χ3v) is 4.22. The third kappa shape index (κ3) is 26.7. The molecule has 0 N–H and O–H groups in total. The number of rotatable bonds is 27. The summed E-state index contributed by atoms with van der Waals surface area (Å²) in [4.78, 5) is 22.3. The summed E-state index contributed by atoms with van der Waals surface area (Å²) < 4.78 is 42.0. The zero-order chi connectivity index (χ0) is 25.0. The molecule has 0 aliphatic rings. The Hall–Kier alpha value is -1.56. The molecule has 0 unspecified atom stereocenters. The van der Waals surface area contributed by atoms with Gasteiger partial charge in [0, 0.05) is 12.5 Å². The Kier molecular flexibility index (Phi) is 26.4. The first kappa shape index (κ1) is 32.4. The first-order chi connectivity index (χ1) is 16.7. The monoisotopic (exact) mass is 492 g/mol. The van der Waals surface area contributed by atoms with E-state index in [1.54, 1.807) is 0 Å². The molecule has 10 heteroatoms. The fourth-order valence-corrected chi connectivity index (χ4v) is 2.44. The molecule has 0 heterocycles. The number of unbranched alkanes of at least 4 members (excludes halogenated alkanes) is 3. The standard InChI is InChI=1S/C24H44O10/c1-3-5-6-7-8-24(26)34-22-20-32-18-16-30-14-12-28-10-9-27-11-13-29-15-17-31-19-21-33-23(25)4-2/h4H,2-3,5-22H2,1H3. The second kappa shape index (κ2) is 27.7. The van der Waals surface area contributed by atoms with Gasteiger partial charge in [0.2, 0.25) is 0 Å². The van der Waals surface area contributed by atoms with Crippen LogP contribution in [0.1, 0.15) is 39.0 Å². The van der Waals surface area contributed by atoms with E-state index in [0.29, 0.717) is 85.7 Å². The Morgan fingerprint density at radius 1 is 0.559 bits per heavy atom. The number of carbonyl (C=O) groups is 2. The Labute approximate surface area is 204 Å². The second-order valence-electron chi connectivity index (χ2n) is 7.08. The average molecular weight is 493 g/mol. The van der Waals surface area contributed by atoms with Crippen LogP contribution in [-0.2, 0) is 47.5 Å². The molecule has 0 saturated heterocycles. The highest BCUT2D eigenvalue weighted by atomic mass is 16.6. The summed E-state index contributed by atoms with van der Waals surface area (Å²) in [7, 11) is 0. The Morgan fingerprint density at radius 2 is 0.941 bits per heavy atom. The Morgan fingerprint density at radius 3 is 1.32 bits per heavy atom. The zero-order valence-electron chi connectivity index (χ0n) is 20.8. The van der Waals surface area contributed by atoms with E-state index in [4.69, 9.17) is 37.9 Å². The van der Waals surface area contributed by atoms with Crippen LogP contribution < -0.4 is 0 Å². The van der Waals surface area contributed by atoms with Gasteiger partial charge in [-0.1, -0.05) is 32.8 Å². The van der Waals surface area contributed by atoms with Gasteiger partial charge in [-0.25, -0.2) is 4.79 Å². The van der Waals surface area contributed by atoms with Crippen LogP contribution in [0, 0.1) is 0 Å². The Bertz CT molecular complexity index is 473. The second-order valence-corrected chi connectivity index (χ2v) is 7.08. The van der Waals surface area contributed by atoms with Crippen LogP contribution in [0.3, 0.4) is 0 Å². The Balaban J connectivity index is 3.11. The van der Waals surface area contributed by atoms with E-state index in [-0.39, 0.29) is 19.2 Å². The van der Waals surface area contributed by atoms with E-state index in [2.05, 4.69) is 13.5 Å². The highest BCUT2D eigenvalue weighted by Gasteiger charge is 2.02. The maximum Gasteiger partial charge on any atom is 0.330 e. The van der Waals surface area contributed by atoms with Crippen molar-refractivity contribution in [2.24, 2.45) is 0 Å². The van der Waals surface area contributed by atoms with Crippen molar-refractivity contribution in [2.75, 3.05) is 92.5 Å². The largest absolute Gasteiger partial charge is 0.463 e. The molecule has 0 spiro atoms. The van der Waals surface area contributed by atoms with Crippen molar-refractivity contribution in [3.63, 3.8) is 0 Å². The summed E-state index contributed by atoms with van der Waals surface area (Å²) in [5.41, 5.74) is 0. The molecule has 0 aromatic rings. The summed E-state index contributed by atoms with van der Waals surface area (Å²) in [6.07, 6.45) is 5.87. The molecule has 0 aliphatic carbocycles. The van der Waals surface area contributed by atoms with E-state index in [0.717, 1.165) is 31.8 Å². The molecule has 0 saturated carbocycles. The van der Waals surface area contributed by atoms with Gasteiger partial charge in [0.05, 0.1) is 79.3 Å². The van der Waals surface area contributed by atoms with Crippen molar-refractivity contribution < 1.29 is 47.5 Å². The molecule has 0 bridgehead atoms. The fourth-order valence-electron chi connectivity index (χ4n) is 2.44. The topological polar surface area (TPSA) is 108 Å². The molecule has 34 heavy (non-hydrogen) atoms. The quantitative estimate of drug-likeness (QED) is 0.0963. The maximum absolute atomic E-state index is 11.5. The number of hydrogen-bond donors (Lipinski definition) is 0. The van der Waals surface area contributed by atoms with Gasteiger partial charge in [0.1, 0.15) is 13.2 Å². The highest BCUT2D eigenvalue weighted by molar-refractivity contribution is 5.81. The molecule has 0 aromatic carbocycles. The summed E-state index contributed by atoms with van der Waals surface area (Å²) in [6, 6.07) is 0. The number of carbonyl (C=O) groups excluding carboxylic acids is 2. The molecule has 0 amide bonds. The first-order valence-electron chi connectivity index (χ1n) is 12.1. The van der Waals surface area contributed by atoms with Gasteiger partial charge in [-0.2, -0.15) is 0 Å². The molecule has 0 fully saturated rings. The number of hydrogen-bond acceptors (Lipinski definition) is 10. The lowest BCUT2D eigenvalue weighted by Gasteiger charge is -2.08. The third-order valence-electron chi connectivity index (χ3n) is 4.22. The first-order valence-corrected chi connectivity index (χ1v) is 12.1. The van der Waals surface area contributed by atoms with E-state index >= 15 is 0 Å². The van der Waals surface area contributed by atoms with Crippen molar-refractivity contribution >= 4 is 11.9 Å². The highest BCUT2D eigenvalue weighted by Crippen LogP contribution is 2.03. The molecular weight excluding hydrogens is 448 g/mol. The van der Waals surface area contributed by atoms with Crippen LogP contribution >= 0.6 is 0 Å². The van der Waals surface area contributed by atoms with Gasteiger partial charge in [-0.05, 0) is 6.42 Å². The molecule has 0 rings (SSSR count). The van der Waals surface area contributed by atoms with Crippen molar-refractivity contribution in [1.82, 2.24) is 0 Å². The van der Waals surface area contributed by atoms with Crippen molar-refractivity contribution in [2.45, 2.75) is 39.0 Å². The normalized spacial score (nSPS) is 10.9.